The molecule has 4 aromatic rings. The molecule has 30 heavy (non-hydrogen) atoms. The van der Waals surface area contributed by atoms with Crippen molar-refractivity contribution in [3.63, 3.8) is 0 Å². The van der Waals surface area contributed by atoms with Gasteiger partial charge in [0.25, 0.3) is 5.56 Å². The summed E-state index contributed by atoms with van der Waals surface area (Å²) >= 11 is 2.78. The van der Waals surface area contributed by atoms with Gasteiger partial charge in [0.15, 0.2) is 10.9 Å². The smallest absolute Gasteiger partial charge is 0.262 e. The molecule has 0 aliphatic rings. The molecule has 0 atom stereocenters. The lowest BCUT2D eigenvalue weighted by Crippen LogP contribution is -2.24. The van der Waals surface area contributed by atoms with E-state index in [2.05, 4.69) is 4.98 Å². The predicted octanol–water partition coefficient (Wildman–Crippen LogP) is 4.80. The van der Waals surface area contributed by atoms with Crippen LogP contribution in [0.25, 0.3) is 10.9 Å². The first-order valence-corrected chi connectivity index (χ1v) is 11.2. The normalized spacial score (nSPS) is 11.0. The number of benzene rings is 2. The van der Waals surface area contributed by atoms with Crippen molar-refractivity contribution in [1.29, 1.82) is 0 Å². The van der Waals surface area contributed by atoms with Crippen molar-refractivity contribution in [3.05, 3.63) is 86.3 Å². The highest BCUT2D eigenvalue weighted by molar-refractivity contribution is 7.99. The number of carbonyl (C=O) groups is 1. The average Bonchev–Trinajstić information content (AvgIpc) is 3.21. The number of ketones is 1. The first-order chi connectivity index (χ1) is 14.5. The molecule has 0 amide bonds. The molecule has 4 rings (SSSR count). The van der Waals surface area contributed by atoms with Gasteiger partial charge in [-0.3, -0.25) is 14.2 Å². The molecule has 0 fully saturated rings. The molecule has 2 heterocycles. The number of aromatic nitrogens is 2. The minimum absolute atomic E-state index is 0.0384. The van der Waals surface area contributed by atoms with Gasteiger partial charge in [-0.15, -0.1) is 11.3 Å². The van der Waals surface area contributed by atoms with Crippen LogP contribution >= 0.6 is 23.1 Å². The lowest BCUT2D eigenvalue weighted by atomic mass is 10.2. The van der Waals surface area contributed by atoms with Gasteiger partial charge in [0.2, 0.25) is 0 Å². The van der Waals surface area contributed by atoms with E-state index in [9.17, 15) is 9.59 Å². The van der Waals surface area contributed by atoms with E-state index >= 15 is 0 Å². The van der Waals surface area contributed by atoms with Crippen molar-refractivity contribution in [2.75, 3.05) is 12.9 Å². The van der Waals surface area contributed by atoms with Gasteiger partial charge in [0, 0.05) is 4.88 Å². The molecule has 7 heteroatoms. The summed E-state index contributed by atoms with van der Waals surface area (Å²) in [5.41, 5.74) is 1.48. The van der Waals surface area contributed by atoms with Gasteiger partial charge in [-0.25, -0.2) is 4.98 Å². The predicted molar refractivity (Wildman–Crippen MR) is 122 cm³/mol. The van der Waals surface area contributed by atoms with Crippen LogP contribution in [0.1, 0.15) is 20.1 Å². The molecule has 0 N–H and O–H groups in total. The van der Waals surface area contributed by atoms with E-state index in [1.54, 1.807) is 17.7 Å². The van der Waals surface area contributed by atoms with Gasteiger partial charge in [-0.1, -0.05) is 36.0 Å². The Morgan fingerprint density at radius 1 is 1.10 bits per heavy atom. The molecule has 0 unspecified atom stereocenters. The highest BCUT2D eigenvalue weighted by atomic mass is 32.2. The summed E-state index contributed by atoms with van der Waals surface area (Å²) in [5, 5.41) is 1.10. The molecule has 5 nitrogen and oxygen atoms in total. The standard InChI is InChI=1S/C23H20N2O3S2/c1-15-7-12-21(30-15)20(26)14-29-23-24-19-6-4-3-5-18(19)22(27)25(23)13-16-8-10-17(28-2)11-9-16/h3-12H,13-14H2,1-2H3. The Kier molecular flexibility index (Phi) is 6.01. The second kappa shape index (κ2) is 8.85. The van der Waals surface area contributed by atoms with Gasteiger partial charge in [0.1, 0.15) is 5.75 Å². The van der Waals surface area contributed by atoms with E-state index < -0.39 is 0 Å². The van der Waals surface area contributed by atoms with Crippen LogP contribution in [0, 0.1) is 6.92 Å². The fourth-order valence-corrected chi connectivity index (χ4v) is 4.87. The maximum atomic E-state index is 13.2. The van der Waals surface area contributed by atoms with Crippen LogP contribution < -0.4 is 10.3 Å². The van der Waals surface area contributed by atoms with Crippen LogP contribution in [0.2, 0.25) is 0 Å². The van der Waals surface area contributed by atoms with Gasteiger partial charge in [-0.05, 0) is 48.9 Å². The zero-order valence-electron chi connectivity index (χ0n) is 16.6. The number of carbonyl (C=O) groups excluding carboxylic acids is 1. The van der Waals surface area contributed by atoms with Gasteiger partial charge >= 0.3 is 0 Å². The molecule has 0 bridgehead atoms. The minimum Gasteiger partial charge on any atom is -0.497 e. The molecule has 0 saturated heterocycles. The maximum absolute atomic E-state index is 13.2. The molecule has 152 valence electrons. The number of ether oxygens (including phenoxy) is 1. The van der Waals surface area contributed by atoms with Gasteiger partial charge in [0.05, 0.1) is 35.2 Å². The Balaban J connectivity index is 1.68. The van der Waals surface area contributed by atoms with E-state index in [4.69, 9.17) is 4.74 Å². The van der Waals surface area contributed by atoms with Gasteiger partial charge in [-0.2, -0.15) is 0 Å². The highest BCUT2D eigenvalue weighted by Gasteiger charge is 2.15. The highest BCUT2D eigenvalue weighted by Crippen LogP contribution is 2.23. The largest absolute Gasteiger partial charge is 0.497 e. The molecular formula is C23H20N2O3S2. The van der Waals surface area contributed by atoms with Crippen molar-refractivity contribution >= 4 is 39.8 Å². The zero-order valence-corrected chi connectivity index (χ0v) is 18.3. The van der Waals surface area contributed by atoms with Crippen LogP contribution in [0.5, 0.6) is 5.75 Å². The number of nitrogens with zero attached hydrogens (tertiary/aromatic N) is 2. The second-order valence-electron chi connectivity index (χ2n) is 6.77. The Morgan fingerprint density at radius 2 is 1.87 bits per heavy atom. The minimum atomic E-state index is -0.113. The summed E-state index contributed by atoms with van der Waals surface area (Å²) in [5.74, 6) is 1.03. The SMILES string of the molecule is COc1ccc(Cn2c(SCC(=O)c3ccc(C)s3)nc3ccccc3c2=O)cc1. The van der Waals surface area contributed by atoms with E-state index in [-0.39, 0.29) is 17.1 Å². The maximum Gasteiger partial charge on any atom is 0.262 e. The number of aryl methyl sites for hydroxylation is 1. The summed E-state index contributed by atoms with van der Waals surface area (Å²) in [6.07, 6.45) is 0. The molecular weight excluding hydrogens is 416 g/mol. The Hall–Kier alpha value is -2.90. The number of hydrogen-bond acceptors (Lipinski definition) is 6. The number of Topliss-reactive ketones (excluding diaryl/α,β-unsaturated/α-hetero) is 1. The molecule has 0 radical (unpaired) electrons. The number of thiophene rings is 1. The molecule has 0 spiro atoms. The summed E-state index contributed by atoms with van der Waals surface area (Å²) in [7, 11) is 1.62. The first kappa shape index (κ1) is 20.4. The number of rotatable bonds is 7. The topological polar surface area (TPSA) is 61.2 Å². The number of methoxy groups -OCH3 is 1. The zero-order chi connectivity index (χ0) is 21.1. The Labute approximate surface area is 182 Å². The van der Waals surface area contributed by atoms with Crippen LogP contribution in [0.15, 0.2) is 70.6 Å². The van der Waals surface area contributed by atoms with Crippen molar-refractivity contribution < 1.29 is 9.53 Å². The molecule has 0 saturated carbocycles. The molecule has 0 aliphatic heterocycles. The third-order valence-electron chi connectivity index (χ3n) is 4.67. The van der Waals surface area contributed by atoms with E-state index in [1.165, 1.54) is 23.1 Å². The summed E-state index contributed by atoms with van der Waals surface area (Å²) in [6, 6.07) is 18.7. The lowest BCUT2D eigenvalue weighted by molar-refractivity contribution is 0.102. The van der Waals surface area contributed by atoms with Crippen LogP contribution in [-0.4, -0.2) is 28.2 Å². The van der Waals surface area contributed by atoms with E-state index in [0.717, 1.165) is 21.1 Å². The monoisotopic (exact) mass is 436 g/mol. The fraction of sp³-hybridized carbons (Fsp3) is 0.174. The van der Waals surface area contributed by atoms with E-state index in [0.29, 0.717) is 22.6 Å². The van der Waals surface area contributed by atoms with Crippen molar-refractivity contribution in [2.45, 2.75) is 18.6 Å². The Morgan fingerprint density at radius 3 is 2.57 bits per heavy atom. The van der Waals surface area contributed by atoms with Crippen molar-refractivity contribution in [2.24, 2.45) is 0 Å². The van der Waals surface area contributed by atoms with E-state index in [1.807, 2.05) is 61.5 Å². The number of thioether (sulfide) groups is 1. The third-order valence-corrected chi connectivity index (χ3v) is 6.69. The van der Waals surface area contributed by atoms with Crippen LogP contribution in [0.3, 0.4) is 0 Å². The number of hydrogen-bond donors (Lipinski definition) is 0. The Bertz CT molecular complexity index is 1260. The summed E-state index contributed by atoms with van der Waals surface area (Å²) < 4.78 is 6.85. The fourth-order valence-electron chi connectivity index (χ4n) is 3.10. The quantitative estimate of drug-likeness (QED) is 0.237. The number of para-hydroxylation sites is 1. The van der Waals surface area contributed by atoms with Crippen molar-refractivity contribution in [3.8, 4) is 5.75 Å². The average molecular weight is 437 g/mol. The lowest BCUT2D eigenvalue weighted by Gasteiger charge is -2.13. The summed E-state index contributed by atoms with van der Waals surface area (Å²) in [4.78, 5) is 32.3. The van der Waals surface area contributed by atoms with Crippen molar-refractivity contribution in [1.82, 2.24) is 9.55 Å². The molecule has 2 aromatic carbocycles. The molecule has 0 aliphatic carbocycles. The second-order valence-corrected chi connectivity index (χ2v) is 9.00. The number of fused-ring (bicyclic) bond motifs is 1. The molecule has 2 aromatic heterocycles. The van der Waals surface area contributed by atoms with Crippen LogP contribution in [0.4, 0.5) is 0 Å². The van der Waals surface area contributed by atoms with Gasteiger partial charge < -0.3 is 4.74 Å². The van der Waals surface area contributed by atoms with Crippen LogP contribution in [-0.2, 0) is 6.54 Å². The first-order valence-electron chi connectivity index (χ1n) is 9.40. The summed E-state index contributed by atoms with van der Waals surface area (Å²) in [6.45, 7) is 2.35. The third kappa shape index (κ3) is 4.32.